The highest BCUT2D eigenvalue weighted by molar-refractivity contribution is 6.13. The number of fused-ring (bicyclic) bond motifs is 2. The van der Waals surface area contributed by atoms with Crippen molar-refractivity contribution in [3.8, 4) is 23.0 Å². The molecular formula is C30H42O4. The van der Waals surface area contributed by atoms with E-state index in [9.17, 15) is 0 Å². The van der Waals surface area contributed by atoms with Gasteiger partial charge in [-0.3, -0.25) is 0 Å². The number of hydrogen-bond donors (Lipinski definition) is 0. The van der Waals surface area contributed by atoms with Crippen LogP contribution in [0.15, 0.2) is 36.4 Å². The molecule has 0 aliphatic heterocycles. The van der Waals surface area contributed by atoms with Gasteiger partial charge in [0, 0.05) is 16.2 Å². The Labute approximate surface area is 205 Å². The first kappa shape index (κ1) is 26.0. The van der Waals surface area contributed by atoms with Crippen LogP contribution in [-0.2, 0) is 0 Å². The van der Waals surface area contributed by atoms with Gasteiger partial charge in [0.25, 0.3) is 0 Å². The van der Waals surface area contributed by atoms with Crippen molar-refractivity contribution in [2.75, 3.05) is 0 Å². The Morgan fingerprint density at radius 1 is 0.500 bits per heavy atom. The second-order valence-electron chi connectivity index (χ2n) is 9.37. The molecule has 4 unspecified atom stereocenters. The molecular weight excluding hydrogens is 424 g/mol. The molecule has 3 aromatic rings. The van der Waals surface area contributed by atoms with Crippen LogP contribution in [0.1, 0.15) is 81.1 Å². The number of ether oxygens (including phenoxy) is 4. The van der Waals surface area contributed by atoms with Crippen molar-refractivity contribution in [1.29, 1.82) is 0 Å². The third kappa shape index (κ3) is 5.54. The Balaban J connectivity index is 2.45. The van der Waals surface area contributed by atoms with Crippen LogP contribution in [0, 0.1) is 0 Å². The fraction of sp³-hybridized carbons (Fsp3) is 0.533. The maximum Gasteiger partial charge on any atom is 0.173 e. The number of hydrogen-bond acceptors (Lipinski definition) is 4. The molecule has 4 nitrogen and oxygen atoms in total. The lowest BCUT2D eigenvalue weighted by atomic mass is 9.98. The molecule has 0 N–H and O–H groups in total. The number of rotatable bonds is 12. The summed E-state index contributed by atoms with van der Waals surface area (Å²) in [5.41, 5.74) is 0. The highest BCUT2D eigenvalue weighted by Gasteiger charge is 2.25. The largest absolute Gasteiger partial charge is 0.489 e. The van der Waals surface area contributed by atoms with Crippen LogP contribution in [-0.4, -0.2) is 24.4 Å². The van der Waals surface area contributed by atoms with Crippen molar-refractivity contribution in [3.63, 3.8) is 0 Å². The van der Waals surface area contributed by atoms with E-state index >= 15 is 0 Å². The molecule has 0 heterocycles. The maximum absolute atomic E-state index is 6.63. The van der Waals surface area contributed by atoms with E-state index in [1.165, 1.54) is 0 Å². The Kier molecular flexibility index (Phi) is 8.93. The molecule has 0 aliphatic carbocycles. The number of benzene rings is 3. The van der Waals surface area contributed by atoms with Gasteiger partial charge in [-0.15, -0.1) is 0 Å². The van der Waals surface area contributed by atoms with Crippen molar-refractivity contribution in [1.82, 2.24) is 0 Å². The van der Waals surface area contributed by atoms with Gasteiger partial charge in [0.05, 0.1) is 29.8 Å². The van der Waals surface area contributed by atoms with Crippen LogP contribution in [0.2, 0.25) is 0 Å². The monoisotopic (exact) mass is 466 g/mol. The summed E-state index contributed by atoms with van der Waals surface area (Å²) >= 11 is 0. The molecule has 0 aromatic heterocycles. The minimum absolute atomic E-state index is 0.0340. The molecule has 0 aliphatic rings. The van der Waals surface area contributed by atoms with E-state index in [-0.39, 0.29) is 24.4 Å². The summed E-state index contributed by atoms with van der Waals surface area (Å²) in [6.45, 7) is 17.0. The minimum Gasteiger partial charge on any atom is -0.489 e. The van der Waals surface area contributed by atoms with Crippen molar-refractivity contribution in [2.24, 2.45) is 0 Å². The summed E-state index contributed by atoms with van der Waals surface area (Å²) in [5.74, 6) is 3.20. The van der Waals surface area contributed by atoms with Crippen LogP contribution in [0.5, 0.6) is 23.0 Å². The predicted octanol–water partition coefficient (Wildman–Crippen LogP) is 8.70. The van der Waals surface area contributed by atoms with E-state index in [0.717, 1.165) is 70.2 Å². The third-order valence-corrected chi connectivity index (χ3v) is 6.59. The average molecular weight is 467 g/mol. The predicted molar refractivity (Wildman–Crippen MR) is 143 cm³/mol. The second-order valence-corrected chi connectivity index (χ2v) is 9.37. The zero-order valence-electron chi connectivity index (χ0n) is 22.2. The summed E-state index contributed by atoms with van der Waals surface area (Å²) in [5, 5.41) is 4.01. The van der Waals surface area contributed by atoms with E-state index in [1.807, 2.05) is 6.07 Å². The zero-order chi connectivity index (χ0) is 24.8. The summed E-state index contributed by atoms with van der Waals surface area (Å²) in [6.07, 6.45) is 3.89. The Hall–Kier alpha value is -2.62. The molecule has 34 heavy (non-hydrogen) atoms. The van der Waals surface area contributed by atoms with Gasteiger partial charge in [0.15, 0.2) is 11.5 Å². The van der Waals surface area contributed by atoms with Gasteiger partial charge in [0.1, 0.15) is 11.5 Å². The standard InChI is InChI=1S/C30H42O4/c1-9-19(5)31-26-18-17-25-27(30(26)34-22(8)12-4)29(33-21(7)11-3)24-16-14-13-15-23(24)28(25)32-20(6)10-2/h13-22H,9-12H2,1-8H3. The smallest absolute Gasteiger partial charge is 0.173 e. The van der Waals surface area contributed by atoms with Gasteiger partial charge in [-0.1, -0.05) is 52.0 Å². The third-order valence-electron chi connectivity index (χ3n) is 6.59. The van der Waals surface area contributed by atoms with Crippen LogP contribution in [0.25, 0.3) is 21.5 Å². The summed E-state index contributed by atoms with van der Waals surface area (Å²) in [6, 6.07) is 12.5. The van der Waals surface area contributed by atoms with E-state index < -0.39 is 0 Å². The highest BCUT2D eigenvalue weighted by atomic mass is 16.5. The first-order chi connectivity index (χ1) is 16.3. The van der Waals surface area contributed by atoms with Gasteiger partial charge in [-0.05, 0) is 65.5 Å². The Morgan fingerprint density at radius 3 is 1.47 bits per heavy atom. The molecule has 4 atom stereocenters. The molecule has 4 heteroatoms. The van der Waals surface area contributed by atoms with Crippen LogP contribution in [0.4, 0.5) is 0 Å². The highest BCUT2D eigenvalue weighted by Crippen LogP contribution is 2.50. The molecule has 0 bridgehead atoms. The summed E-state index contributed by atoms with van der Waals surface area (Å²) in [7, 11) is 0. The minimum atomic E-state index is 0.0340. The summed E-state index contributed by atoms with van der Waals surface area (Å²) in [4.78, 5) is 0. The first-order valence-corrected chi connectivity index (χ1v) is 13.0. The molecule has 0 saturated carbocycles. The summed E-state index contributed by atoms with van der Waals surface area (Å²) < 4.78 is 26.1. The van der Waals surface area contributed by atoms with Gasteiger partial charge in [-0.25, -0.2) is 0 Å². The van der Waals surface area contributed by atoms with Crippen LogP contribution < -0.4 is 18.9 Å². The fourth-order valence-corrected chi connectivity index (χ4v) is 3.75. The van der Waals surface area contributed by atoms with E-state index in [2.05, 4.69) is 85.7 Å². The SMILES string of the molecule is CCC(C)Oc1ccc2c(OC(C)CC)c3ccccc3c(OC(C)CC)c2c1OC(C)CC. The van der Waals surface area contributed by atoms with Crippen molar-refractivity contribution < 1.29 is 18.9 Å². The molecule has 186 valence electrons. The quantitative estimate of drug-likeness (QED) is 0.250. The molecule has 0 fully saturated rings. The van der Waals surface area contributed by atoms with Crippen LogP contribution in [0.3, 0.4) is 0 Å². The normalized spacial score (nSPS) is 15.1. The van der Waals surface area contributed by atoms with E-state index in [0.29, 0.717) is 0 Å². The van der Waals surface area contributed by atoms with Gasteiger partial charge >= 0.3 is 0 Å². The molecule has 0 spiro atoms. The van der Waals surface area contributed by atoms with Crippen molar-refractivity contribution >= 4 is 21.5 Å². The molecule has 3 aromatic carbocycles. The van der Waals surface area contributed by atoms with E-state index in [1.54, 1.807) is 0 Å². The molecule has 0 radical (unpaired) electrons. The molecule has 3 rings (SSSR count). The fourth-order valence-electron chi connectivity index (χ4n) is 3.75. The maximum atomic E-state index is 6.63. The van der Waals surface area contributed by atoms with Crippen molar-refractivity contribution in [2.45, 2.75) is 105 Å². The zero-order valence-corrected chi connectivity index (χ0v) is 22.2. The lowest BCUT2D eigenvalue weighted by molar-refractivity contribution is 0.177. The Morgan fingerprint density at radius 2 is 0.941 bits per heavy atom. The van der Waals surface area contributed by atoms with Gasteiger partial charge in [-0.2, -0.15) is 0 Å². The topological polar surface area (TPSA) is 36.9 Å². The lowest BCUT2D eigenvalue weighted by Gasteiger charge is -2.26. The Bertz CT molecular complexity index is 1090. The lowest BCUT2D eigenvalue weighted by Crippen LogP contribution is -2.16. The van der Waals surface area contributed by atoms with Crippen LogP contribution >= 0.6 is 0 Å². The van der Waals surface area contributed by atoms with E-state index in [4.69, 9.17) is 18.9 Å². The molecule has 0 saturated heterocycles. The van der Waals surface area contributed by atoms with Gasteiger partial charge in [0.2, 0.25) is 0 Å². The molecule has 0 amide bonds. The average Bonchev–Trinajstić information content (AvgIpc) is 2.86. The second kappa shape index (κ2) is 11.7. The van der Waals surface area contributed by atoms with Crippen molar-refractivity contribution in [3.05, 3.63) is 36.4 Å². The first-order valence-electron chi connectivity index (χ1n) is 13.0. The van der Waals surface area contributed by atoms with Gasteiger partial charge < -0.3 is 18.9 Å².